The van der Waals surface area contributed by atoms with E-state index in [0.717, 1.165) is 0 Å². The zero-order valence-electron chi connectivity index (χ0n) is 7.39. The summed E-state index contributed by atoms with van der Waals surface area (Å²) in [5.74, 6) is -0.326. The Balaban J connectivity index is 2.66. The van der Waals surface area contributed by atoms with Crippen LogP contribution in [-0.4, -0.2) is 10.2 Å². The Hall–Kier alpha value is -1.26. The molecule has 0 fully saturated rings. The number of aromatic nitrogens is 2. The lowest BCUT2D eigenvalue weighted by atomic mass is 10.1. The number of aromatic amines is 1. The molecule has 0 spiro atoms. The summed E-state index contributed by atoms with van der Waals surface area (Å²) >= 11 is 11.5. The van der Waals surface area contributed by atoms with Crippen molar-refractivity contribution in [3.05, 3.63) is 34.1 Å². The molecular weight excluding hydrogens is 240 g/mol. The van der Waals surface area contributed by atoms with E-state index in [1.54, 1.807) is 0 Å². The maximum absolute atomic E-state index is 13.7. The number of H-pyrrole nitrogens is 1. The van der Waals surface area contributed by atoms with Crippen molar-refractivity contribution in [1.82, 2.24) is 10.2 Å². The highest BCUT2D eigenvalue weighted by Crippen LogP contribution is 2.33. The van der Waals surface area contributed by atoms with Crippen molar-refractivity contribution in [3.8, 4) is 11.3 Å². The smallest absolute Gasteiger partial charge is 0.152 e. The Labute approximate surface area is 95.0 Å². The fraction of sp³-hybridized carbons (Fsp3) is 0. The molecule has 0 saturated carbocycles. The zero-order valence-corrected chi connectivity index (χ0v) is 8.90. The van der Waals surface area contributed by atoms with E-state index < -0.39 is 5.82 Å². The third-order valence-electron chi connectivity index (χ3n) is 1.91. The van der Waals surface area contributed by atoms with Gasteiger partial charge in [-0.25, -0.2) is 4.39 Å². The van der Waals surface area contributed by atoms with Crippen molar-refractivity contribution >= 4 is 29.0 Å². The van der Waals surface area contributed by atoms with Crippen LogP contribution in [0.4, 0.5) is 10.2 Å². The van der Waals surface area contributed by atoms with E-state index in [1.165, 1.54) is 18.2 Å². The highest BCUT2D eigenvalue weighted by atomic mass is 35.5. The van der Waals surface area contributed by atoms with E-state index in [0.29, 0.717) is 5.69 Å². The first-order valence-corrected chi connectivity index (χ1v) is 4.80. The Morgan fingerprint density at radius 2 is 1.93 bits per heavy atom. The van der Waals surface area contributed by atoms with E-state index in [-0.39, 0.29) is 21.4 Å². The number of nitrogens with one attached hydrogen (secondary N) is 1. The molecule has 15 heavy (non-hydrogen) atoms. The van der Waals surface area contributed by atoms with Crippen molar-refractivity contribution in [2.75, 3.05) is 5.73 Å². The molecule has 0 unspecified atom stereocenters. The molecule has 78 valence electrons. The van der Waals surface area contributed by atoms with Crippen LogP contribution in [0.2, 0.25) is 10.0 Å². The van der Waals surface area contributed by atoms with Crippen molar-refractivity contribution < 1.29 is 4.39 Å². The maximum Gasteiger partial charge on any atom is 0.152 e. The van der Waals surface area contributed by atoms with Crippen molar-refractivity contribution in [3.63, 3.8) is 0 Å². The molecule has 0 saturated heterocycles. The van der Waals surface area contributed by atoms with Crippen LogP contribution in [0.1, 0.15) is 0 Å². The summed E-state index contributed by atoms with van der Waals surface area (Å²) in [4.78, 5) is 0. The zero-order chi connectivity index (χ0) is 11.0. The van der Waals surface area contributed by atoms with Gasteiger partial charge in [-0.3, -0.25) is 5.10 Å². The second-order valence-corrected chi connectivity index (χ2v) is 3.74. The van der Waals surface area contributed by atoms with Gasteiger partial charge in [0, 0.05) is 6.07 Å². The molecule has 3 N–H and O–H groups in total. The largest absolute Gasteiger partial charge is 0.382 e. The molecule has 1 aromatic carbocycles. The second-order valence-electron chi connectivity index (χ2n) is 2.92. The summed E-state index contributed by atoms with van der Waals surface area (Å²) in [6.45, 7) is 0. The van der Waals surface area contributed by atoms with Crippen molar-refractivity contribution in [2.24, 2.45) is 0 Å². The van der Waals surface area contributed by atoms with E-state index >= 15 is 0 Å². The van der Waals surface area contributed by atoms with Crippen molar-refractivity contribution in [2.45, 2.75) is 0 Å². The minimum atomic E-state index is -0.590. The lowest BCUT2D eigenvalue weighted by Gasteiger charge is -2.04. The van der Waals surface area contributed by atoms with E-state index in [9.17, 15) is 4.39 Å². The second kappa shape index (κ2) is 3.72. The van der Waals surface area contributed by atoms with Gasteiger partial charge in [-0.1, -0.05) is 23.2 Å². The third-order valence-corrected chi connectivity index (χ3v) is 2.52. The standard InChI is InChI=1S/C9H6Cl2FN3/c10-4-1-2-5(11)9(12)8(4)6-3-7(13)15-14-6/h1-3H,(H3,13,14,15). The minimum Gasteiger partial charge on any atom is -0.382 e. The summed E-state index contributed by atoms with van der Waals surface area (Å²) in [6.07, 6.45) is 0. The fourth-order valence-corrected chi connectivity index (χ4v) is 1.64. The summed E-state index contributed by atoms with van der Waals surface area (Å²) < 4.78 is 13.7. The van der Waals surface area contributed by atoms with E-state index in [1.807, 2.05) is 0 Å². The van der Waals surface area contributed by atoms with Crippen molar-refractivity contribution in [1.29, 1.82) is 0 Å². The summed E-state index contributed by atoms with van der Waals surface area (Å²) in [5.41, 5.74) is 5.99. The molecule has 2 rings (SSSR count). The Bertz CT molecular complexity index is 510. The number of nitrogen functional groups attached to an aromatic ring is 1. The third kappa shape index (κ3) is 1.78. The molecule has 0 aliphatic heterocycles. The average Bonchev–Trinajstić information content (AvgIpc) is 2.59. The minimum absolute atomic E-state index is 0.00238. The van der Waals surface area contributed by atoms with Gasteiger partial charge in [0.2, 0.25) is 0 Å². The number of halogens is 3. The van der Waals surface area contributed by atoms with Gasteiger partial charge in [-0.05, 0) is 12.1 Å². The topological polar surface area (TPSA) is 54.7 Å². The van der Waals surface area contributed by atoms with Crippen LogP contribution >= 0.6 is 23.2 Å². The van der Waals surface area contributed by atoms with Gasteiger partial charge < -0.3 is 5.73 Å². The number of hydrogen-bond donors (Lipinski definition) is 2. The SMILES string of the molecule is Nc1cc(-c2c(Cl)ccc(Cl)c2F)[nH]n1. The molecule has 0 bridgehead atoms. The summed E-state index contributed by atoms with van der Waals surface area (Å²) in [5, 5.41) is 6.51. The number of anilines is 1. The van der Waals surface area contributed by atoms with Gasteiger partial charge in [0.15, 0.2) is 5.82 Å². The molecular formula is C9H6Cl2FN3. The van der Waals surface area contributed by atoms with Crippen LogP contribution in [-0.2, 0) is 0 Å². The molecule has 6 heteroatoms. The normalized spacial score (nSPS) is 10.6. The highest BCUT2D eigenvalue weighted by Gasteiger charge is 2.14. The number of rotatable bonds is 1. The van der Waals surface area contributed by atoms with Gasteiger partial charge in [0.25, 0.3) is 0 Å². The average molecular weight is 246 g/mol. The first kappa shape index (κ1) is 10.3. The van der Waals surface area contributed by atoms with Crippen LogP contribution in [0.3, 0.4) is 0 Å². The molecule has 0 atom stereocenters. The van der Waals surface area contributed by atoms with Crippen LogP contribution in [0.25, 0.3) is 11.3 Å². The quantitative estimate of drug-likeness (QED) is 0.759. The van der Waals surface area contributed by atoms with Crippen LogP contribution in [0.5, 0.6) is 0 Å². The summed E-state index contributed by atoms with van der Waals surface area (Å²) in [6, 6.07) is 4.39. The Kier molecular flexibility index (Phi) is 2.54. The van der Waals surface area contributed by atoms with Gasteiger partial charge in [-0.2, -0.15) is 5.10 Å². The highest BCUT2D eigenvalue weighted by molar-refractivity contribution is 6.35. The van der Waals surface area contributed by atoms with Gasteiger partial charge >= 0.3 is 0 Å². The molecule has 0 aliphatic carbocycles. The fourth-order valence-electron chi connectivity index (χ4n) is 1.24. The number of benzene rings is 1. The predicted octanol–water partition coefficient (Wildman–Crippen LogP) is 3.10. The molecule has 0 aliphatic rings. The number of nitrogens with zero attached hydrogens (tertiary/aromatic N) is 1. The maximum atomic E-state index is 13.7. The van der Waals surface area contributed by atoms with Gasteiger partial charge in [-0.15, -0.1) is 0 Å². The molecule has 0 radical (unpaired) electrons. The Morgan fingerprint density at radius 3 is 2.53 bits per heavy atom. The lowest BCUT2D eigenvalue weighted by Crippen LogP contribution is -1.87. The van der Waals surface area contributed by atoms with Crippen LogP contribution in [0.15, 0.2) is 18.2 Å². The molecule has 3 nitrogen and oxygen atoms in total. The first-order chi connectivity index (χ1) is 7.09. The van der Waals surface area contributed by atoms with E-state index in [4.69, 9.17) is 28.9 Å². The van der Waals surface area contributed by atoms with Crippen LogP contribution < -0.4 is 5.73 Å². The van der Waals surface area contributed by atoms with Gasteiger partial charge in [0.05, 0.1) is 21.3 Å². The predicted molar refractivity (Wildman–Crippen MR) is 58.4 cm³/mol. The first-order valence-electron chi connectivity index (χ1n) is 4.04. The molecule has 0 amide bonds. The number of nitrogens with two attached hydrogens (primary N) is 1. The number of hydrogen-bond acceptors (Lipinski definition) is 2. The molecule has 1 heterocycles. The monoisotopic (exact) mass is 245 g/mol. The molecule has 1 aromatic heterocycles. The van der Waals surface area contributed by atoms with Gasteiger partial charge in [0.1, 0.15) is 5.82 Å². The lowest BCUT2D eigenvalue weighted by molar-refractivity contribution is 0.631. The molecule has 2 aromatic rings. The Morgan fingerprint density at radius 1 is 1.27 bits per heavy atom. The van der Waals surface area contributed by atoms with E-state index in [2.05, 4.69) is 10.2 Å². The van der Waals surface area contributed by atoms with Crippen LogP contribution in [0, 0.1) is 5.82 Å². The summed E-state index contributed by atoms with van der Waals surface area (Å²) in [7, 11) is 0.